The van der Waals surface area contributed by atoms with E-state index in [-0.39, 0.29) is 5.78 Å². The van der Waals surface area contributed by atoms with Crippen LogP contribution < -0.4 is 5.73 Å². The third kappa shape index (κ3) is 3.92. The molecule has 0 aliphatic carbocycles. The number of allylic oxidation sites excluding steroid dienone is 1. The predicted molar refractivity (Wildman–Crippen MR) is 55.8 cm³/mol. The summed E-state index contributed by atoms with van der Waals surface area (Å²) < 4.78 is 5.13. The first-order valence-corrected chi connectivity index (χ1v) is 5.38. The number of ether oxygens (including phenoxy) is 1. The predicted octanol–water partition coefficient (Wildman–Crippen LogP) is 1.77. The molecule has 0 bridgehead atoms. The molecule has 1 rings (SSSR count). The molecular formula is C11H19NO2. The fraction of sp³-hybridized carbons (Fsp3) is 0.727. The third-order valence-corrected chi connectivity index (χ3v) is 2.40. The van der Waals surface area contributed by atoms with Gasteiger partial charge in [0.1, 0.15) is 0 Å². The lowest BCUT2D eigenvalue weighted by atomic mass is 10.0. The van der Waals surface area contributed by atoms with Gasteiger partial charge in [-0.05, 0) is 32.2 Å². The molecule has 0 aromatic rings. The Bertz CT molecular complexity index is 211. The Labute approximate surface area is 85.3 Å². The number of Topliss-reactive ketones (excluding diaryl/α,β-unsaturated/α-hetero) is 1. The molecule has 14 heavy (non-hydrogen) atoms. The zero-order valence-electron chi connectivity index (χ0n) is 8.63. The van der Waals surface area contributed by atoms with E-state index in [4.69, 9.17) is 10.5 Å². The van der Waals surface area contributed by atoms with E-state index in [1.54, 1.807) is 6.26 Å². The summed E-state index contributed by atoms with van der Waals surface area (Å²) in [4.78, 5) is 11.6. The minimum atomic E-state index is 0.252. The van der Waals surface area contributed by atoms with Crippen LogP contribution in [0.2, 0.25) is 0 Å². The highest BCUT2D eigenvalue weighted by molar-refractivity contribution is 5.95. The lowest BCUT2D eigenvalue weighted by molar-refractivity contribution is -0.116. The van der Waals surface area contributed by atoms with Crippen molar-refractivity contribution in [3.63, 3.8) is 0 Å². The fourth-order valence-corrected chi connectivity index (χ4v) is 1.54. The number of nitrogens with two attached hydrogens (primary N) is 1. The van der Waals surface area contributed by atoms with Crippen LogP contribution in [0.3, 0.4) is 0 Å². The van der Waals surface area contributed by atoms with Crippen LogP contribution in [0.15, 0.2) is 11.8 Å². The largest absolute Gasteiger partial charge is 0.501 e. The Morgan fingerprint density at radius 2 is 2.29 bits per heavy atom. The second kappa shape index (κ2) is 6.60. The molecule has 0 saturated heterocycles. The minimum absolute atomic E-state index is 0.252. The molecule has 0 amide bonds. The summed E-state index contributed by atoms with van der Waals surface area (Å²) in [5.41, 5.74) is 6.24. The maximum absolute atomic E-state index is 11.6. The first-order valence-electron chi connectivity index (χ1n) is 5.38. The Morgan fingerprint density at radius 1 is 1.43 bits per heavy atom. The first-order chi connectivity index (χ1) is 6.84. The summed E-state index contributed by atoms with van der Waals surface area (Å²) in [6, 6.07) is 0. The average Bonchev–Trinajstić information content (AvgIpc) is 2.25. The van der Waals surface area contributed by atoms with Crippen molar-refractivity contribution in [2.45, 2.75) is 38.5 Å². The molecule has 0 saturated carbocycles. The zero-order chi connectivity index (χ0) is 10.2. The van der Waals surface area contributed by atoms with Gasteiger partial charge in [-0.15, -0.1) is 0 Å². The molecule has 0 fully saturated rings. The number of hydrogen-bond acceptors (Lipinski definition) is 3. The van der Waals surface area contributed by atoms with Crippen LogP contribution in [-0.2, 0) is 9.53 Å². The van der Waals surface area contributed by atoms with E-state index in [0.717, 1.165) is 50.8 Å². The highest BCUT2D eigenvalue weighted by Gasteiger charge is 2.12. The molecule has 3 heteroatoms. The van der Waals surface area contributed by atoms with Gasteiger partial charge < -0.3 is 10.5 Å². The highest BCUT2D eigenvalue weighted by atomic mass is 16.5. The monoisotopic (exact) mass is 197 g/mol. The molecule has 0 spiro atoms. The van der Waals surface area contributed by atoms with Crippen molar-refractivity contribution in [3.05, 3.63) is 11.8 Å². The van der Waals surface area contributed by atoms with Crippen LogP contribution in [0, 0.1) is 0 Å². The zero-order valence-corrected chi connectivity index (χ0v) is 8.63. The van der Waals surface area contributed by atoms with E-state index in [2.05, 4.69) is 0 Å². The van der Waals surface area contributed by atoms with Gasteiger partial charge in [0.15, 0.2) is 5.78 Å². The number of carbonyl (C=O) groups is 1. The second-order valence-electron chi connectivity index (χ2n) is 3.64. The normalized spacial score (nSPS) is 15.9. The standard InChI is InChI=1S/C11H19NO2/c12-7-3-1-2-6-11(13)10-5-4-8-14-9-10/h9H,1-8,12H2. The van der Waals surface area contributed by atoms with Gasteiger partial charge in [-0.3, -0.25) is 4.79 Å². The molecule has 1 aliphatic heterocycles. The summed E-state index contributed by atoms with van der Waals surface area (Å²) in [7, 11) is 0. The Morgan fingerprint density at radius 3 is 2.93 bits per heavy atom. The molecule has 2 N–H and O–H groups in total. The highest BCUT2D eigenvalue weighted by Crippen LogP contribution is 2.15. The smallest absolute Gasteiger partial charge is 0.161 e. The molecule has 0 aromatic carbocycles. The number of rotatable bonds is 6. The molecule has 0 atom stereocenters. The van der Waals surface area contributed by atoms with Crippen molar-refractivity contribution in [2.24, 2.45) is 5.73 Å². The van der Waals surface area contributed by atoms with E-state index in [9.17, 15) is 4.79 Å². The summed E-state index contributed by atoms with van der Waals surface area (Å²) in [6.45, 7) is 1.48. The number of unbranched alkanes of at least 4 members (excludes halogenated alkanes) is 2. The fourth-order valence-electron chi connectivity index (χ4n) is 1.54. The van der Waals surface area contributed by atoms with E-state index < -0.39 is 0 Å². The lowest BCUT2D eigenvalue weighted by Crippen LogP contribution is -2.09. The van der Waals surface area contributed by atoms with Crippen molar-refractivity contribution in [2.75, 3.05) is 13.2 Å². The summed E-state index contributed by atoms with van der Waals surface area (Å²) in [6.07, 6.45) is 7.16. The van der Waals surface area contributed by atoms with Crippen molar-refractivity contribution in [1.82, 2.24) is 0 Å². The third-order valence-electron chi connectivity index (χ3n) is 2.40. The number of carbonyl (C=O) groups excluding carboxylic acids is 1. The van der Waals surface area contributed by atoms with Crippen LogP contribution in [0.1, 0.15) is 38.5 Å². The SMILES string of the molecule is NCCCCCC(=O)C1=COCCC1. The van der Waals surface area contributed by atoms with Crippen molar-refractivity contribution >= 4 is 5.78 Å². The van der Waals surface area contributed by atoms with Crippen LogP contribution in [0.25, 0.3) is 0 Å². The molecule has 0 unspecified atom stereocenters. The maximum Gasteiger partial charge on any atom is 0.161 e. The van der Waals surface area contributed by atoms with E-state index in [1.807, 2.05) is 0 Å². The van der Waals surface area contributed by atoms with Crippen molar-refractivity contribution < 1.29 is 9.53 Å². The minimum Gasteiger partial charge on any atom is -0.501 e. The van der Waals surface area contributed by atoms with E-state index in [1.165, 1.54) is 0 Å². The summed E-state index contributed by atoms with van der Waals surface area (Å²) in [5, 5.41) is 0. The maximum atomic E-state index is 11.6. The first kappa shape index (κ1) is 11.2. The molecule has 0 radical (unpaired) electrons. The molecular weight excluding hydrogens is 178 g/mol. The van der Waals surface area contributed by atoms with Gasteiger partial charge in [-0.25, -0.2) is 0 Å². The van der Waals surface area contributed by atoms with E-state index >= 15 is 0 Å². The Kier molecular flexibility index (Phi) is 5.30. The van der Waals surface area contributed by atoms with E-state index in [0.29, 0.717) is 6.42 Å². The van der Waals surface area contributed by atoms with Gasteiger partial charge in [0, 0.05) is 12.0 Å². The molecule has 1 heterocycles. The average molecular weight is 197 g/mol. The van der Waals surface area contributed by atoms with Gasteiger partial charge in [-0.1, -0.05) is 6.42 Å². The molecule has 80 valence electrons. The summed E-state index contributed by atoms with van der Waals surface area (Å²) in [5.74, 6) is 0.252. The van der Waals surface area contributed by atoms with Crippen LogP contribution in [-0.4, -0.2) is 18.9 Å². The molecule has 0 aromatic heterocycles. The Balaban J connectivity index is 2.17. The lowest BCUT2D eigenvalue weighted by Gasteiger charge is -2.12. The van der Waals surface area contributed by atoms with Gasteiger partial charge in [0.05, 0.1) is 12.9 Å². The summed E-state index contributed by atoms with van der Waals surface area (Å²) >= 11 is 0. The van der Waals surface area contributed by atoms with Crippen LogP contribution in [0.5, 0.6) is 0 Å². The van der Waals surface area contributed by atoms with Crippen molar-refractivity contribution in [1.29, 1.82) is 0 Å². The second-order valence-corrected chi connectivity index (χ2v) is 3.64. The topological polar surface area (TPSA) is 52.3 Å². The molecule has 1 aliphatic rings. The van der Waals surface area contributed by atoms with Gasteiger partial charge in [-0.2, -0.15) is 0 Å². The van der Waals surface area contributed by atoms with Crippen LogP contribution in [0.4, 0.5) is 0 Å². The van der Waals surface area contributed by atoms with Gasteiger partial charge >= 0.3 is 0 Å². The quantitative estimate of drug-likeness (QED) is 0.660. The van der Waals surface area contributed by atoms with Gasteiger partial charge in [0.2, 0.25) is 0 Å². The number of ketones is 1. The van der Waals surface area contributed by atoms with Gasteiger partial charge in [0.25, 0.3) is 0 Å². The Hall–Kier alpha value is -0.830. The molecule has 3 nitrogen and oxygen atoms in total. The van der Waals surface area contributed by atoms with Crippen LogP contribution >= 0.6 is 0 Å². The van der Waals surface area contributed by atoms with Crippen molar-refractivity contribution in [3.8, 4) is 0 Å². The number of hydrogen-bond donors (Lipinski definition) is 1.